The van der Waals surface area contributed by atoms with Gasteiger partial charge in [-0.3, -0.25) is 9.59 Å². The molecule has 4 rings (SSSR count). The zero-order chi connectivity index (χ0) is 24.2. The second-order valence-electron chi connectivity index (χ2n) is 9.40. The number of amides is 2. The number of nitrogens with zero attached hydrogens (tertiary/aromatic N) is 2. The molecule has 182 valence electrons. The van der Waals surface area contributed by atoms with Gasteiger partial charge >= 0.3 is 0 Å². The molecule has 8 heteroatoms. The van der Waals surface area contributed by atoms with Gasteiger partial charge in [0.1, 0.15) is 11.6 Å². The van der Waals surface area contributed by atoms with Crippen LogP contribution in [0.1, 0.15) is 58.9 Å². The van der Waals surface area contributed by atoms with E-state index < -0.39 is 6.10 Å². The van der Waals surface area contributed by atoms with Gasteiger partial charge < -0.3 is 25.4 Å². The molecule has 3 N–H and O–H groups in total. The minimum absolute atomic E-state index is 0.0581. The van der Waals surface area contributed by atoms with Crippen LogP contribution in [0, 0.1) is 12.8 Å². The molecule has 8 nitrogen and oxygen atoms in total. The van der Waals surface area contributed by atoms with Crippen LogP contribution in [0.4, 0.5) is 5.82 Å². The maximum absolute atomic E-state index is 13.0. The molecular formula is C26H34N4O4. The Morgan fingerprint density at radius 1 is 1.24 bits per heavy atom. The maximum atomic E-state index is 13.0. The van der Waals surface area contributed by atoms with Crippen molar-refractivity contribution < 1.29 is 19.4 Å². The summed E-state index contributed by atoms with van der Waals surface area (Å²) in [5.74, 6) is 1.77. The number of carbonyl (C=O) groups excluding carboxylic acids is 2. The number of carbonyl (C=O) groups is 2. The Kier molecular flexibility index (Phi) is 7.36. The number of nitrogens with one attached hydrogen (secondary N) is 2. The van der Waals surface area contributed by atoms with E-state index in [-0.39, 0.29) is 24.4 Å². The summed E-state index contributed by atoms with van der Waals surface area (Å²) in [6.07, 6.45) is 5.05. The topological polar surface area (TPSA) is 104 Å². The SMILES string of the molecule is COc1cccc(C(=O)NC2CC3CCCN(c4ccc(C(=O)NC[C@H](C)O)cn4)C3C2)c1C. The molecule has 0 spiro atoms. The van der Waals surface area contributed by atoms with Gasteiger partial charge in [-0.1, -0.05) is 6.07 Å². The predicted octanol–water partition coefficient (Wildman–Crippen LogP) is 2.69. The van der Waals surface area contributed by atoms with Crippen molar-refractivity contribution in [2.75, 3.05) is 25.1 Å². The Labute approximate surface area is 200 Å². The third-order valence-corrected chi connectivity index (χ3v) is 6.98. The monoisotopic (exact) mass is 466 g/mol. The number of aromatic nitrogens is 1. The number of piperidine rings is 1. The molecule has 2 fully saturated rings. The van der Waals surface area contributed by atoms with E-state index in [9.17, 15) is 14.7 Å². The number of ether oxygens (including phenoxy) is 1. The van der Waals surface area contributed by atoms with E-state index in [1.807, 2.05) is 31.2 Å². The summed E-state index contributed by atoms with van der Waals surface area (Å²) in [4.78, 5) is 32.1. The highest BCUT2D eigenvalue weighted by molar-refractivity contribution is 5.96. The third-order valence-electron chi connectivity index (χ3n) is 6.98. The van der Waals surface area contributed by atoms with Crippen LogP contribution in [-0.4, -0.2) is 60.3 Å². The summed E-state index contributed by atoms with van der Waals surface area (Å²) in [5.41, 5.74) is 1.97. The molecule has 4 atom stereocenters. The molecule has 1 saturated heterocycles. The first-order valence-corrected chi connectivity index (χ1v) is 12.0. The van der Waals surface area contributed by atoms with E-state index >= 15 is 0 Å². The van der Waals surface area contributed by atoms with Crippen molar-refractivity contribution >= 4 is 17.6 Å². The number of rotatable bonds is 7. The normalized spacial score (nSPS) is 22.6. The Balaban J connectivity index is 1.41. The van der Waals surface area contributed by atoms with Crippen molar-refractivity contribution in [1.82, 2.24) is 15.6 Å². The number of aliphatic hydroxyl groups excluding tert-OH is 1. The largest absolute Gasteiger partial charge is 0.496 e. The fourth-order valence-corrected chi connectivity index (χ4v) is 5.26. The fraction of sp³-hybridized carbons (Fsp3) is 0.500. The minimum Gasteiger partial charge on any atom is -0.496 e. The lowest BCUT2D eigenvalue weighted by atomic mass is 9.92. The van der Waals surface area contributed by atoms with Gasteiger partial charge in [-0.25, -0.2) is 4.98 Å². The molecule has 34 heavy (non-hydrogen) atoms. The zero-order valence-electron chi connectivity index (χ0n) is 20.1. The summed E-state index contributed by atoms with van der Waals surface area (Å²) >= 11 is 0. The second kappa shape index (κ2) is 10.4. The maximum Gasteiger partial charge on any atom is 0.252 e. The molecule has 1 saturated carbocycles. The van der Waals surface area contributed by atoms with Gasteiger partial charge in [0.2, 0.25) is 0 Å². The van der Waals surface area contributed by atoms with E-state index in [2.05, 4.69) is 20.5 Å². The molecule has 3 unspecified atom stereocenters. The average molecular weight is 467 g/mol. The van der Waals surface area contributed by atoms with Gasteiger partial charge in [0.05, 0.1) is 18.8 Å². The van der Waals surface area contributed by atoms with Gasteiger partial charge in [-0.2, -0.15) is 0 Å². The summed E-state index contributed by atoms with van der Waals surface area (Å²) in [6.45, 7) is 4.66. The first kappa shape index (κ1) is 24.0. The number of anilines is 1. The summed E-state index contributed by atoms with van der Waals surface area (Å²) in [7, 11) is 1.61. The van der Waals surface area contributed by atoms with E-state index in [1.54, 1.807) is 26.3 Å². The van der Waals surface area contributed by atoms with E-state index in [0.29, 0.717) is 28.8 Å². The highest BCUT2D eigenvalue weighted by atomic mass is 16.5. The Morgan fingerprint density at radius 3 is 2.76 bits per heavy atom. The summed E-state index contributed by atoms with van der Waals surface area (Å²) < 4.78 is 5.36. The van der Waals surface area contributed by atoms with Crippen LogP contribution in [0.3, 0.4) is 0 Å². The van der Waals surface area contributed by atoms with Gasteiger partial charge in [0.25, 0.3) is 11.8 Å². The standard InChI is InChI=1S/C26H34N4O4/c1-16(31)14-28-25(32)19-9-10-24(27-15-19)30-11-5-6-18-12-20(13-22(18)30)29-26(33)21-7-4-8-23(34-3)17(21)2/h4,7-10,15-16,18,20,22,31H,5-6,11-14H2,1-3H3,(H,28,32)(H,29,33)/t16-,18?,20?,22?/m0/s1. The number of pyridine rings is 1. The summed E-state index contributed by atoms with van der Waals surface area (Å²) in [5, 5.41) is 15.3. The number of aliphatic hydroxyl groups is 1. The molecule has 1 aliphatic carbocycles. The van der Waals surface area contributed by atoms with Crippen LogP contribution >= 0.6 is 0 Å². The van der Waals surface area contributed by atoms with Crippen LogP contribution in [0.2, 0.25) is 0 Å². The molecule has 0 bridgehead atoms. The number of hydrogen-bond donors (Lipinski definition) is 3. The van der Waals surface area contributed by atoms with Gasteiger partial charge in [0, 0.05) is 42.5 Å². The molecule has 2 heterocycles. The second-order valence-corrected chi connectivity index (χ2v) is 9.40. The Hall–Kier alpha value is -3.13. The number of hydrogen-bond acceptors (Lipinski definition) is 6. The lowest BCUT2D eigenvalue weighted by Gasteiger charge is -2.38. The van der Waals surface area contributed by atoms with Gasteiger partial charge in [-0.15, -0.1) is 0 Å². The fourth-order valence-electron chi connectivity index (χ4n) is 5.26. The summed E-state index contributed by atoms with van der Waals surface area (Å²) in [6, 6.07) is 9.64. The van der Waals surface area contributed by atoms with Crippen LogP contribution < -0.4 is 20.3 Å². The molecule has 0 radical (unpaired) electrons. The molecule has 1 aromatic heterocycles. The van der Waals surface area contributed by atoms with Crippen molar-refractivity contribution in [2.24, 2.45) is 5.92 Å². The highest BCUT2D eigenvalue weighted by Crippen LogP contribution is 2.39. The number of methoxy groups -OCH3 is 1. The van der Waals surface area contributed by atoms with Crippen molar-refractivity contribution in [3.8, 4) is 5.75 Å². The molecule has 2 amide bonds. The Morgan fingerprint density at radius 2 is 2.06 bits per heavy atom. The quantitative estimate of drug-likeness (QED) is 0.580. The molecular weight excluding hydrogens is 432 g/mol. The Bertz CT molecular complexity index is 1020. The molecule has 2 aliphatic rings. The van der Waals surface area contributed by atoms with Crippen molar-refractivity contribution in [3.05, 3.63) is 53.2 Å². The lowest BCUT2D eigenvalue weighted by molar-refractivity contribution is 0.0920. The molecule has 1 aromatic carbocycles. The van der Waals surface area contributed by atoms with Gasteiger partial charge in [0.15, 0.2) is 0 Å². The molecule has 1 aliphatic heterocycles. The zero-order valence-corrected chi connectivity index (χ0v) is 20.1. The van der Waals surface area contributed by atoms with Crippen LogP contribution in [-0.2, 0) is 0 Å². The number of fused-ring (bicyclic) bond motifs is 1. The smallest absolute Gasteiger partial charge is 0.252 e. The first-order valence-electron chi connectivity index (χ1n) is 12.0. The van der Waals surface area contributed by atoms with E-state index in [1.165, 1.54) is 0 Å². The van der Waals surface area contributed by atoms with E-state index in [0.717, 1.165) is 43.6 Å². The van der Waals surface area contributed by atoms with Crippen LogP contribution in [0.5, 0.6) is 5.75 Å². The van der Waals surface area contributed by atoms with E-state index in [4.69, 9.17) is 4.74 Å². The van der Waals surface area contributed by atoms with Crippen LogP contribution in [0.15, 0.2) is 36.5 Å². The number of benzene rings is 1. The van der Waals surface area contributed by atoms with Crippen LogP contribution in [0.25, 0.3) is 0 Å². The average Bonchev–Trinajstić information content (AvgIpc) is 3.25. The third kappa shape index (κ3) is 5.17. The molecule has 2 aromatic rings. The van der Waals surface area contributed by atoms with Crippen molar-refractivity contribution in [3.63, 3.8) is 0 Å². The lowest BCUT2D eigenvalue weighted by Crippen LogP contribution is -2.43. The highest BCUT2D eigenvalue weighted by Gasteiger charge is 2.41. The van der Waals surface area contributed by atoms with Crippen molar-refractivity contribution in [1.29, 1.82) is 0 Å². The minimum atomic E-state index is -0.592. The van der Waals surface area contributed by atoms with Crippen molar-refractivity contribution in [2.45, 2.75) is 57.7 Å². The first-order chi connectivity index (χ1) is 16.4. The van der Waals surface area contributed by atoms with Gasteiger partial charge in [-0.05, 0) is 69.7 Å². The predicted molar refractivity (Wildman–Crippen MR) is 130 cm³/mol.